The Morgan fingerprint density at radius 3 is 1.94 bits per heavy atom. The van der Waals surface area contributed by atoms with Gasteiger partial charge in [-0.05, 0) is 36.5 Å². The van der Waals surface area contributed by atoms with Crippen molar-refractivity contribution in [2.75, 3.05) is 6.26 Å². The van der Waals surface area contributed by atoms with Crippen LogP contribution in [0.15, 0.2) is 0 Å². The van der Waals surface area contributed by atoms with Crippen LogP contribution < -0.4 is 4.72 Å². The molecule has 1 aliphatic carbocycles. The van der Waals surface area contributed by atoms with Crippen LogP contribution in [0.1, 0.15) is 53.4 Å². The van der Waals surface area contributed by atoms with E-state index in [1.807, 2.05) is 0 Å². The van der Waals surface area contributed by atoms with Gasteiger partial charge in [-0.3, -0.25) is 0 Å². The molecule has 1 rings (SSSR count). The second kappa shape index (κ2) is 4.30. The van der Waals surface area contributed by atoms with Gasteiger partial charge in [-0.1, -0.05) is 27.7 Å². The Morgan fingerprint density at radius 2 is 1.62 bits per heavy atom. The summed E-state index contributed by atoms with van der Waals surface area (Å²) >= 11 is 0. The third-order valence-electron chi connectivity index (χ3n) is 4.28. The lowest BCUT2D eigenvalue weighted by Crippen LogP contribution is -2.43. The third kappa shape index (κ3) is 3.45. The van der Waals surface area contributed by atoms with Gasteiger partial charge in [0.1, 0.15) is 0 Å². The van der Waals surface area contributed by atoms with Crippen molar-refractivity contribution in [3.63, 3.8) is 0 Å². The Balaban J connectivity index is 2.58. The first-order chi connectivity index (χ1) is 7.04. The Morgan fingerprint density at radius 1 is 1.19 bits per heavy atom. The van der Waals surface area contributed by atoms with Crippen LogP contribution in [0.4, 0.5) is 0 Å². The maximum absolute atomic E-state index is 11.1. The van der Waals surface area contributed by atoms with Gasteiger partial charge in [0, 0.05) is 6.04 Å². The van der Waals surface area contributed by atoms with Crippen molar-refractivity contribution in [2.45, 2.75) is 59.4 Å². The standard InChI is InChI=1S/C12H25NO2S/c1-11(2,3)12(4)8-6-10(7-9-12)13-16(5,14)15/h10,13H,6-9H2,1-5H3. The number of hydrogen-bond donors (Lipinski definition) is 1. The molecule has 0 atom stereocenters. The molecule has 0 aliphatic heterocycles. The molecule has 1 saturated carbocycles. The number of nitrogens with one attached hydrogen (secondary N) is 1. The molecule has 0 saturated heterocycles. The largest absolute Gasteiger partial charge is 0.213 e. The molecule has 16 heavy (non-hydrogen) atoms. The van der Waals surface area contributed by atoms with Gasteiger partial charge in [0.15, 0.2) is 0 Å². The van der Waals surface area contributed by atoms with Gasteiger partial charge in [0.25, 0.3) is 0 Å². The fraction of sp³-hybridized carbons (Fsp3) is 1.00. The van der Waals surface area contributed by atoms with E-state index in [9.17, 15) is 8.42 Å². The van der Waals surface area contributed by atoms with E-state index in [1.54, 1.807) is 0 Å². The Kier molecular flexibility index (Phi) is 3.75. The summed E-state index contributed by atoms with van der Waals surface area (Å²) < 4.78 is 25.0. The molecule has 0 amide bonds. The van der Waals surface area contributed by atoms with Crippen LogP contribution in [-0.4, -0.2) is 20.7 Å². The van der Waals surface area contributed by atoms with Gasteiger partial charge in [-0.15, -0.1) is 0 Å². The van der Waals surface area contributed by atoms with E-state index in [2.05, 4.69) is 32.4 Å². The fourth-order valence-electron chi connectivity index (χ4n) is 2.43. The van der Waals surface area contributed by atoms with Crippen molar-refractivity contribution in [2.24, 2.45) is 10.8 Å². The van der Waals surface area contributed by atoms with Gasteiger partial charge in [0.05, 0.1) is 6.26 Å². The molecule has 4 heteroatoms. The number of rotatable bonds is 2. The van der Waals surface area contributed by atoms with E-state index in [0.717, 1.165) is 25.7 Å². The lowest BCUT2D eigenvalue weighted by atomic mass is 9.60. The normalized spacial score (nSPS) is 32.7. The maximum atomic E-state index is 11.1. The molecule has 1 aliphatic rings. The Labute approximate surface area is 100 Å². The van der Waals surface area contributed by atoms with Crippen LogP contribution >= 0.6 is 0 Å². The van der Waals surface area contributed by atoms with Crippen LogP contribution in [0, 0.1) is 10.8 Å². The molecule has 1 N–H and O–H groups in total. The zero-order valence-corrected chi connectivity index (χ0v) is 11.9. The van der Waals surface area contributed by atoms with Crippen LogP contribution in [0.3, 0.4) is 0 Å². The molecule has 0 aromatic carbocycles. The first-order valence-electron chi connectivity index (χ1n) is 6.01. The fourth-order valence-corrected chi connectivity index (χ4v) is 3.27. The molecule has 1 fully saturated rings. The van der Waals surface area contributed by atoms with E-state index in [4.69, 9.17) is 0 Å². The summed E-state index contributed by atoms with van der Waals surface area (Å²) in [5.41, 5.74) is 0.631. The minimum Gasteiger partial charge on any atom is -0.213 e. The van der Waals surface area contributed by atoms with Crippen molar-refractivity contribution in [1.29, 1.82) is 0 Å². The van der Waals surface area contributed by atoms with E-state index in [-0.39, 0.29) is 6.04 Å². The van der Waals surface area contributed by atoms with Crippen molar-refractivity contribution in [3.05, 3.63) is 0 Å². The lowest BCUT2D eigenvalue weighted by Gasteiger charge is -2.46. The van der Waals surface area contributed by atoms with Crippen molar-refractivity contribution < 1.29 is 8.42 Å². The monoisotopic (exact) mass is 247 g/mol. The zero-order valence-electron chi connectivity index (χ0n) is 11.1. The van der Waals surface area contributed by atoms with Crippen LogP contribution in [0.25, 0.3) is 0 Å². The lowest BCUT2D eigenvalue weighted by molar-refractivity contribution is 0.0520. The molecule has 0 bridgehead atoms. The number of hydrogen-bond acceptors (Lipinski definition) is 2. The van der Waals surface area contributed by atoms with Gasteiger partial charge >= 0.3 is 0 Å². The zero-order chi connectivity index (χ0) is 12.6. The molecule has 96 valence electrons. The van der Waals surface area contributed by atoms with E-state index in [0.29, 0.717) is 10.8 Å². The number of sulfonamides is 1. The molecular formula is C12H25NO2S. The van der Waals surface area contributed by atoms with E-state index < -0.39 is 10.0 Å². The van der Waals surface area contributed by atoms with Crippen molar-refractivity contribution >= 4 is 10.0 Å². The Bertz CT molecular complexity index is 333. The summed E-state index contributed by atoms with van der Waals surface area (Å²) in [7, 11) is -3.05. The van der Waals surface area contributed by atoms with Gasteiger partial charge < -0.3 is 0 Å². The van der Waals surface area contributed by atoms with E-state index >= 15 is 0 Å². The molecule has 0 heterocycles. The van der Waals surface area contributed by atoms with Crippen LogP contribution in [0.2, 0.25) is 0 Å². The second-order valence-electron chi connectivity index (χ2n) is 6.47. The highest BCUT2D eigenvalue weighted by Gasteiger charge is 2.40. The van der Waals surface area contributed by atoms with Crippen molar-refractivity contribution in [3.8, 4) is 0 Å². The quantitative estimate of drug-likeness (QED) is 0.815. The maximum Gasteiger partial charge on any atom is 0.208 e. The predicted molar refractivity (Wildman–Crippen MR) is 67.8 cm³/mol. The molecule has 0 aromatic rings. The van der Waals surface area contributed by atoms with Gasteiger partial charge in [-0.25, -0.2) is 13.1 Å². The molecule has 0 aromatic heterocycles. The SMILES string of the molecule is CC(C)(C)C1(C)CCC(NS(C)(=O)=O)CC1. The summed E-state index contributed by atoms with van der Waals surface area (Å²) in [5, 5.41) is 0. The van der Waals surface area contributed by atoms with Gasteiger partial charge in [0.2, 0.25) is 10.0 Å². The molecule has 3 nitrogen and oxygen atoms in total. The summed E-state index contributed by atoms with van der Waals surface area (Å²) in [5.74, 6) is 0. The predicted octanol–water partition coefficient (Wildman–Crippen LogP) is 2.53. The van der Waals surface area contributed by atoms with Crippen LogP contribution in [-0.2, 0) is 10.0 Å². The third-order valence-corrected chi connectivity index (χ3v) is 5.04. The van der Waals surface area contributed by atoms with Gasteiger partial charge in [-0.2, -0.15) is 0 Å². The first kappa shape index (κ1) is 14.0. The molecule has 0 spiro atoms. The minimum absolute atomic E-state index is 0.144. The summed E-state index contributed by atoms with van der Waals surface area (Å²) in [6.45, 7) is 9.15. The smallest absolute Gasteiger partial charge is 0.208 e. The van der Waals surface area contributed by atoms with E-state index in [1.165, 1.54) is 6.26 Å². The second-order valence-corrected chi connectivity index (χ2v) is 8.25. The minimum atomic E-state index is -3.05. The molecule has 0 unspecified atom stereocenters. The average Bonchev–Trinajstić information content (AvgIpc) is 2.05. The summed E-state index contributed by atoms with van der Waals surface area (Å²) in [4.78, 5) is 0. The highest BCUT2D eigenvalue weighted by molar-refractivity contribution is 7.88. The highest BCUT2D eigenvalue weighted by atomic mass is 32.2. The highest BCUT2D eigenvalue weighted by Crippen LogP contribution is 2.49. The van der Waals surface area contributed by atoms with Crippen LogP contribution in [0.5, 0.6) is 0 Å². The van der Waals surface area contributed by atoms with Crippen molar-refractivity contribution in [1.82, 2.24) is 4.72 Å². The first-order valence-corrected chi connectivity index (χ1v) is 7.90. The topological polar surface area (TPSA) is 46.2 Å². The Hall–Kier alpha value is -0.0900. The summed E-state index contributed by atoms with van der Waals surface area (Å²) in [6, 6.07) is 0.144. The molecular weight excluding hydrogens is 222 g/mol. The molecule has 0 radical (unpaired) electrons. The summed E-state index contributed by atoms with van der Waals surface area (Å²) in [6.07, 6.45) is 5.36. The average molecular weight is 247 g/mol.